The van der Waals surface area contributed by atoms with E-state index in [1.54, 1.807) is 36.5 Å². The Balaban J connectivity index is 1.53. The van der Waals surface area contributed by atoms with Crippen LogP contribution in [0.3, 0.4) is 0 Å². The minimum absolute atomic E-state index is 0.0376. The summed E-state index contributed by atoms with van der Waals surface area (Å²) in [5.41, 5.74) is 1.51. The van der Waals surface area contributed by atoms with Crippen LogP contribution in [0.1, 0.15) is 22.3 Å². The Bertz CT molecular complexity index is 1230. The van der Waals surface area contributed by atoms with Crippen LogP contribution in [0.25, 0.3) is 0 Å². The fourth-order valence-electron chi connectivity index (χ4n) is 3.04. The van der Waals surface area contributed by atoms with E-state index in [-0.39, 0.29) is 10.6 Å². The normalized spacial score (nSPS) is 13.2. The summed E-state index contributed by atoms with van der Waals surface area (Å²) >= 11 is 0. The second-order valence-electron chi connectivity index (χ2n) is 7.02. The Labute approximate surface area is 180 Å². The minimum Gasteiger partial charge on any atom is -0.490 e. The summed E-state index contributed by atoms with van der Waals surface area (Å²) in [7, 11) is -3.90. The third kappa shape index (κ3) is 4.95. The van der Waals surface area contributed by atoms with Crippen LogP contribution in [0.15, 0.2) is 65.7 Å². The molecule has 3 aromatic rings. The van der Waals surface area contributed by atoms with Crippen molar-refractivity contribution in [3.8, 4) is 11.5 Å². The highest BCUT2D eigenvalue weighted by Gasteiger charge is 2.19. The maximum absolute atomic E-state index is 12.9. The molecule has 0 saturated heterocycles. The largest absolute Gasteiger partial charge is 0.490 e. The van der Waals surface area contributed by atoms with Gasteiger partial charge in [0.05, 0.1) is 18.1 Å². The summed E-state index contributed by atoms with van der Waals surface area (Å²) in [6.45, 7) is 2.87. The fourth-order valence-corrected chi connectivity index (χ4v) is 4.11. The van der Waals surface area contributed by atoms with Crippen LogP contribution in [0, 0.1) is 6.92 Å². The Morgan fingerprint density at radius 1 is 1.00 bits per heavy atom. The van der Waals surface area contributed by atoms with E-state index in [2.05, 4.69) is 15.0 Å². The Hall–Kier alpha value is -3.59. The van der Waals surface area contributed by atoms with E-state index in [0.717, 1.165) is 12.0 Å². The Morgan fingerprint density at radius 3 is 2.61 bits per heavy atom. The zero-order valence-electron chi connectivity index (χ0n) is 16.8. The molecule has 0 unspecified atom stereocenters. The number of nitrogens with zero attached hydrogens (tertiary/aromatic N) is 1. The fraction of sp³-hybridized carbons (Fsp3) is 0.182. The van der Waals surface area contributed by atoms with Gasteiger partial charge in [-0.25, -0.2) is 13.4 Å². The Morgan fingerprint density at radius 2 is 1.81 bits per heavy atom. The molecule has 1 aromatic heterocycles. The van der Waals surface area contributed by atoms with Crippen LogP contribution in [-0.2, 0) is 10.0 Å². The number of hydrogen-bond donors (Lipinski definition) is 2. The van der Waals surface area contributed by atoms with Crippen molar-refractivity contribution in [2.75, 3.05) is 23.3 Å². The van der Waals surface area contributed by atoms with E-state index in [1.165, 1.54) is 18.2 Å². The molecule has 0 fully saturated rings. The standard InChI is InChI=1S/C22H21N3O5S/c1-15-8-9-23-21(12-15)24-22(26)16-4-2-5-17(13-16)25-31(27,28)18-6-7-19-20(14-18)30-11-3-10-29-19/h2,4-9,12-14,25H,3,10-11H2,1H3,(H,23,24,26). The van der Waals surface area contributed by atoms with Crippen molar-refractivity contribution in [2.45, 2.75) is 18.2 Å². The molecular weight excluding hydrogens is 418 g/mol. The van der Waals surface area contributed by atoms with Crippen molar-refractivity contribution in [1.82, 2.24) is 4.98 Å². The SMILES string of the molecule is Cc1ccnc(NC(=O)c2cccc(NS(=O)(=O)c3ccc4c(c3)OCCCO4)c2)c1. The molecule has 0 bridgehead atoms. The van der Waals surface area contributed by atoms with Crippen molar-refractivity contribution in [2.24, 2.45) is 0 Å². The van der Waals surface area contributed by atoms with Gasteiger partial charge in [0.15, 0.2) is 11.5 Å². The van der Waals surface area contributed by atoms with Gasteiger partial charge in [0, 0.05) is 29.9 Å². The Kier molecular flexibility index (Phi) is 5.77. The summed E-state index contributed by atoms with van der Waals surface area (Å²) in [6.07, 6.45) is 2.33. The second-order valence-corrected chi connectivity index (χ2v) is 8.70. The highest BCUT2D eigenvalue weighted by molar-refractivity contribution is 7.92. The molecule has 1 amide bonds. The van der Waals surface area contributed by atoms with Gasteiger partial charge in [-0.3, -0.25) is 9.52 Å². The van der Waals surface area contributed by atoms with Crippen LogP contribution in [-0.4, -0.2) is 32.5 Å². The van der Waals surface area contributed by atoms with E-state index in [0.29, 0.717) is 36.1 Å². The van der Waals surface area contributed by atoms with Crippen molar-refractivity contribution < 1.29 is 22.7 Å². The molecule has 4 rings (SSSR count). The van der Waals surface area contributed by atoms with Crippen molar-refractivity contribution >= 4 is 27.4 Å². The van der Waals surface area contributed by atoms with Gasteiger partial charge in [-0.15, -0.1) is 0 Å². The van der Waals surface area contributed by atoms with Crippen LogP contribution in [0.2, 0.25) is 0 Å². The molecule has 2 aromatic carbocycles. The summed E-state index contributed by atoms with van der Waals surface area (Å²) in [5, 5.41) is 2.70. The molecule has 9 heteroatoms. The lowest BCUT2D eigenvalue weighted by Crippen LogP contribution is -2.15. The van der Waals surface area contributed by atoms with E-state index in [4.69, 9.17) is 9.47 Å². The minimum atomic E-state index is -3.90. The molecule has 1 aliphatic heterocycles. The molecule has 31 heavy (non-hydrogen) atoms. The number of fused-ring (bicyclic) bond motifs is 1. The van der Waals surface area contributed by atoms with Crippen LogP contribution in [0.5, 0.6) is 11.5 Å². The quantitative estimate of drug-likeness (QED) is 0.629. The van der Waals surface area contributed by atoms with Crippen molar-refractivity contribution in [3.05, 3.63) is 71.9 Å². The highest BCUT2D eigenvalue weighted by Crippen LogP contribution is 2.32. The van der Waals surface area contributed by atoms with E-state index in [9.17, 15) is 13.2 Å². The van der Waals surface area contributed by atoms with Crippen LogP contribution < -0.4 is 19.5 Å². The lowest BCUT2D eigenvalue weighted by Gasteiger charge is -2.12. The maximum Gasteiger partial charge on any atom is 0.262 e. The smallest absolute Gasteiger partial charge is 0.262 e. The highest BCUT2D eigenvalue weighted by atomic mass is 32.2. The summed E-state index contributed by atoms with van der Waals surface area (Å²) in [4.78, 5) is 16.7. The molecule has 8 nitrogen and oxygen atoms in total. The number of carbonyl (C=O) groups excluding carboxylic acids is 1. The van der Waals surface area contributed by atoms with Gasteiger partial charge in [0.2, 0.25) is 0 Å². The number of rotatable bonds is 5. The molecule has 0 aliphatic carbocycles. The summed E-state index contributed by atoms with van der Waals surface area (Å²) < 4.78 is 39.4. The molecule has 2 N–H and O–H groups in total. The molecule has 0 saturated carbocycles. The average Bonchev–Trinajstić information content (AvgIpc) is 2.98. The number of hydrogen-bond acceptors (Lipinski definition) is 6. The first-order valence-corrected chi connectivity index (χ1v) is 11.2. The van der Waals surface area contributed by atoms with E-state index in [1.807, 2.05) is 13.0 Å². The van der Waals surface area contributed by atoms with E-state index >= 15 is 0 Å². The third-order valence-corrected chi connectivity index (χ3v) is 5.94. The monoisotopic (exact) mass is 439 g/mol. The molecule has 160 valence electrons. The summed E-state index contributed by atoms with van der Waals surface area (Å²) in [6, 6.07) is 14.3. The van der Waals surface area contributed by atoms with Crippen molar-refractivity contribution in [3.63, 3.8) is 0 Å². The van der Waals surface area contributed by atoms with Gasteiger partial charge >= 0.3 is 0 Å². The van der Waals surface area contributed by atoms with Crippen LogP contribution >= 0.6 is 0 Å². The first kappa shape index (κ1) is 20.7. The second kappa shape index (κ2) is 8.65. The van der Waals surface area contributed by atoms with Gasteiger partial charge in [-0.05, 0) is 55.0 Å². The molecule has 0 atom stereocenters. The average molecular weight is 439 g/mol. The van der Waals surface area contributed by atoms with E-state index < -0.39 is 15.9 Å². The number of aryl methyl sites for hydroxylation is 1. The zero-order valence-corrected chi connectivity index (χ0v) is 17.6. The number of amides is 1. The zero-order chi connectivity index (χ0) is 21.8. The van der Waals surface area contributed by atoms with Gasteiger partial charge in [-0.1, -0.05) is 6.07 Å². The lowest BCUT2D eigenvalue weighted by atomic mass is 10.2. The third-order valence-electron chi connectivity index (χ3n) is 4.56. The number of pyridine rings is 1. The number of anilines is 2. The first-order chi connectivity index (χ1) is 14.9. The number of nitrogens with one attached hydrogen (secondary N) is 2. The van der Waals surface area contributed by atoms with Crippen molar-refractivity contribution in [1.29, 1.82) is 0 Å². The molecular formula is C22H21N3O5S. The predicted molar refractivity (Wildman–Crippen MR) is 116 cm³/mol. The van der Waals surface area contributed by atoms with Gasteiger partial charge < -0.3 is 14.8 Å². The first-order valence-electron chi connectivity index (χ1n) is 9.67. The number of benzene rings is 2. The maximum atomic E-state index is 12.9. The van der Waals surface area contributed by atoms with Gasteiger partial charge in [0.1, 0.15) is 5.82 Å². The predicted octanol–water partition coefficient (Wildman–Crippen LogP) is 3.60. The summed E-state index contributed by atoms with van der Waals surface area (Å²) in [5.74, 6) is 0.928. The molecule has 0 spiro atoms. The number of sulfonamides is 1. The van der Waals surface area contributed by atoms with Crippen LogP contribution in [0.4, 0.5) is 11.5 Å². The topological polar surface area (TPSA) is 107 Å². The lowest BCUT2D eigenvalue weighted by molar-refractivity contribution is 0.102. The molecule has 0 radical (unpaired) electrons. The molecule has 1 aliphatic rings. The molecule has 2 heterocycles. The van der Waals surface area contributed by atoms with Gasteiger partial charge in [-0.2, -0.15) is 0 Å². The number of ether oxygens (including phenoxy) is 2. The number of aromatic nitrogens is 1. The number of carbonyl (C=O) groups is 1. The van der Waals surface area contributed by atoms with Gasteiger partial charge in [0.25, 0.3) is 15.9 Å².